The van der Waals surface area contributed by atoms with Crippen molar-refractivity contribution in [2.45, 2.75) is 0 Å². The van der Waals surface area contributed by atoms with Gasteiger partial charge in [0, 0.05) is 33.9 Å². The van der Waals surface area contributed by atoms with Crippen molar-refractivity contribution in [1.82, 2.24) is 28.7 Å². The molecule has 6 heteroatoms. The van der Waals surface area contributed by atoms with Crippen molar-refractivity contribution in [2.24, 2.45) is 0 Å². The predicted octanol–water partition coefficient (Wildman–Crippen LogP) is 8.36. The van der Waals surface area contributed by atoms with Gasteiger partial charge in [-0.1, -0.05) is 48.5 Å². The van der Waals surface area contributed by atoms with Gasteiger partial charge >= 0.3 is 0 Å². The minimum absolute atomic E-state index is 0.883. The molecule has 0 aliphatic carbocycles. The maximum absolute atomic E-state index is 4.97. The van der Waals surface area contributed by atoms with Crippen molar-refractivity contribution in [3.8, 4) is 11.1 Å². The lowest BCUT2D eigenvalue weighted by Crippen LogP contribution is -1.95. The van der Waals surface area contributed by atoms with E-state index < -0.39 is 0 Å². The molecule has 0 atom stereocenters. The van der Waals surface area contributed by atoms with Gasteiger partial charge in [0.1, 0.15) is 11.0 Å². The summed E-state index contributed by atoms with van der Waals surface area (Å²) in [4.78, 5) is 19.5. The highest BCUT2D eigenvalue weighted by Crippen LogP contribution is 2.37. The standard InChI is InChI=1S/C36H20N6/c1-3-11-31-27(9-1)39-35-33-23(7-5-17-37-33)25-19-21(13-15-29(25)41(31)35)22-14-16-30-26(20-22)24-8-6-18-38-34(24)36-40-28-10-2-4-12-32(28)42(30)36/h1-20H. The summed E-state index contributed by atoms with van der Waals surface area (Å²) in [7, 11) is 0. The molecule has 0 unspecified atom stereocenters. The number of nitrogens with zero attached hydrogens (tertiary/aromatic N) is 6. The van der Waals surface area contributed by atoms with E-state index in [0.29, 0.717) is 0 Å². The Bertz CT molecular complexity index is 2560. The van der Waals surface area contributed by atoms with Gasteiger partial charge in [0.05, 0.1) is 33.1 Å². The highest BCUT2D eigenvalue weighted by molar-refractivity contribution is 6.15. The molecular formula is C36H20N6. The number of rotatable bonds is 1. The van der Waals surface area contributed by atoms with Crippen LogP contribution in [-0.4, -0.2) is 28.7 Å². The molecule has 10 rings (SSSR count). The van der Waals surface area contributed by atoms with E-state index in [-0.39, 0.29) is 0 Å². The number of hydrogen-bond acceptors (Lipinski definition) is 4. The molecule has 0 aliphatic rings. The third kappa shape index (κ3) is 2.78. The molecule has 4 aromatic carbocycles. The second kappa shape index (κ2) is 7.86. The Hall–Kier alpha value is -5.88. The fourth-order valence-electron chi connectivity index (χ4n) is 6.71. The molecule has 6 nitrogen and oxygen atoms in total. The lowest BCUT2D eigenvalue weighted by Gasteiger charge is -2.12. The van der Waals surface area contributed by atoms with Crippen LogP contribution in [0.15, 0.2) is 122 Å². The van der Waals surface area contributed by atoms with Gasteiger partial charge in [-0.25, -0.2) is 9.97 Å². The number of fused-ring (bicyclic) bond motifs is 16. The molecule has 10 aromatic rings. The first kappa shape index (κ1) is 21.9. The van der Waals surface area contributed by atoms with Crippen LogP contribution in [-0.2, 0) is 0 Å². The van der Waals surface area contributed by atoms with E-state index in [9.17, 15) is 0 Å². The molecular weight excluding hydrogens is 516 g/mol. The van der Waals surface area contributed by atoms with Crippen LogP contribution in [0.25, 0.3) is 88.1 Å². The third-order valence-electron chi connectivity index (χ3n) is 8.55. The van der Waals surface area contributed by atoms with Crippen LogP contribution in [0.3, 0.4) is 0 Å². The van der Waals surface area contributed by atoms with Crippen molar-refractivity contribution in [3.63, 3.8) is 0 Å². The smallest absolute Gasteiger partial charge is 0.165 e. The Morgan fingerprint density at radius 2 is 0.881 bits per heavy atom. The molecule has 42 heavy (non-hydrogen) atoms. The lowest BCUT2D eigenvalue weighted by atomic mass is 9.98. The first-order valence-corrected chi connectivity index (χ1v) is 14.0. The first-order chi connectivity index (χ1) is 20.8. The van der Waals surface area contributed by atoms with E-state index in [2.05, 4.69) is 93.7 Å². The van der Waals surface area contributed by atoms with Crippen LogP contribution in [0, 0.1) is 0 Å². The van der Waals surface area contributed by atoms with E-state index in [1.165, 1.54) is 0 Å². The summed E-state index contributed by atoms with van der Waals surface area (Å²) in [6, 6.07) is 38.3. The number of hydrogen-bond donors (Lipinski definition) is 0. The summed E-state index contributed by atoms with van der Waals surface area (Å²) >= 11 is 0. The van der Waals surface area contributed by atoms with E-state index in [4.69, 9.17) is 19.9 Å². The zero-order valence-corrected chi connectivity index (χ0v) is 22.2. The Morgan fingerprint density at radius 1 is 0.405 bits per heavy atom. The summed E-state index contributed by atoms with van der Waals surface area (Å²) in [5, 5.41) is 4.49. The average molecular weight is 537 g/mol. The zero-order valence-electron chi connectivity index (χ0n) is 22.2. The second-order valence-corrected chi connectivity index (χ2v) is 10.8. The minimum Gasteiger partial charge on any atom is -0.290 e. The van der Waals surface area contributed by atoms with Crippen LogP contribution < -0.4 is 0 Å². The van der Waals surface area contributed by atoms with Gasteiger partial charge in [0.2, 0.25) is 0 Å². The van der Waals surface area contributed by atoms with Crippen molar-refractivity contribution in [3.05, 3.63) is 122 Å². The van der Waals surface area contributed by atoms with Gasteiger partial charge in [-0.15, -0.1) is 0 Å². The van der Waals surface area contributed by atoms with Crippen LogP contribution in [0.5, 0.6) is 0 Å². The lowest BCUT2D eigenvalue weighted by molar-refractivity contribution is 1.29. The average Bonchev–Trinajstić information content (AvgIpc) is 3.64. The molecule has 194 valence electrons. The largest absolute Gasteiger partial charge is 0.290 e. The molecule has 0 aliphatic heterocycles. The van der Waals surface area contributed by atoms with Crippen LogP contribution in [0.4, 0.5) is 0 Å². The van der Waals surface area contributed by atoms with E-state index in [1.54, 1.807) is 0 Å². The Labute approximate surface area is 238 Å². The molecule has 6 heterocycles. The minimum atomic E-state index is 0.883. The SMILES string of the molecule is c1ccc2c(c1)nc1c3ncccc3c3cc(-c4ccc5c(c4)c4cccnc4c4nc6ccccc6n54)ccc3n21. The molecule has 0 saturated heterocycles. The fourth-order valence-corrected chi connectivity index (χ4v) is 6.71. The van der Waals surface area contributed by atoms with E-state index in [0.717, 1.165) is 88.1 Å². The zero-order chi connectivity index (χ0) is 27.4. The summed E-state index contributed by atoms with van der Waals surface area (Å²) in [6.07, 6.45) is 3.70. The number of benzene rings is 4. The molecule has 0 fully saturated rings. The Morgan fingerprint density at radius 3 is 1.38 bits per heavy atom. The van der Waals surface area contributed by atoms with Gasteiger partial charge < -0.3 is 0 Å². The maximum atomic E-state index is 4.97. The van der Waals surface area contributed by atoms with Gasteiger partial charge in [-0.2, -0.15) is 0 Å². The summed E-state index contributed by atoms with van der Waals surface area (Å²) in [6.45, 7) is 0. The number of imidazole rings is 2. The highest BCUT2D eigenvalue weighted by atomic mass is 15.0. The molecule has 0 amide bonds. The van der Waals surface area contributed by atoms with Crippen molar-refractivity contribution in [1.29, 1.82) is 0 Å². The van der Waals surface area contributed by atoms with Crippen molar-refractivity contribution >= 4 is 77.0 Å². The van der Waals surface area contributed by atoms with Gasteiger partial charge in [0.15, 0.2) is 11.3 Å². The maximum Gasteiger partial charge on any atom is 0.165 e. The molecule has 0 spiro atoms. The Kier molecular flexibility index (Phi) is 4.10. The molecule has 0 radical (unpaired) electrons. The highest BCUT2D eigenvalue weighted by Gasteiger charge is 2.17. The van der Waals surface area contributed by atoms with E-state index in [1.807, 2.05) is 36.7 Å². The summed E-state index contributed by atoms with van der Waals surface area (Å²) < 4.78 is 4.48. The number of para-hydroxylation sites is 4. The summed E-state index contributed by atoms with van der Waals surface area (Å²) in [5.41, 5.74) is 12.2. The molecule has 0 N–H and O–H groups in total. The van der Waals surface area contributed by atoms with Crippen LogP contribution in [0.2, 0.25) is 0 Å². The van der Waals surface area contributed by atoms with Gasteiger partial charge in [-0.3, -0.25) is 18.8 Å². The molecule has 0 bridgehead atoms. The number of pyridine rings is 4. The van der Waals surface area contributed by atoms with Crippen LogP contribution >= 0.6 is 0 Å². The molecule has 0 saturated carbocycles. The molecule has 6 aromatic heterocycles. The monoisotopic (exact) mass is 536 g/mol. The van der Waals surface area contributed by atoms with Crippen LogP contribution in [0.1, 0.15) is 0 Å². The normalized spacial score (nSPS) is 12.3. The van der Waals surface area contributed by atoms with Gasteiger partial charge in [-0.05, 0) is 71.8 Å². The van der Waals surface area contributed by atoms with Gasteiger partial charge in [0.25, 0.3) is 0 Å². The second-order valence-electron chi connectivity index (χ2n) is 10.8. The Balaban J connectivity index is 1.30. The summed E-state index contributed by atoms with van der Waals surface area (Å²) in [5.74, 6) is 0. The van der Waals surface area contributed by atoms with E-state index >= 15 is 0 Å². The third-order valence-corrected chi connectivity index (χ3v) is 8.55. The predicted molar refractivity (Wildman–Crippen MR) is 170 cm³/mol. The fraction of sp³-hybridized carbons (Fsp3) is 0. The quantitative estimate of drug-likeness (QED) is 0.198. The van der Waals surface area contributed by atoms with Crippen molar-refractivity contribution < 1.29 is 0 Å². The number of aromatic nitrogens is 6. The topological polar surface area (TPSA) is 60.4 Å². The van der Waals surface area contributed by atoms with Crippen molar-refractivity contribution in [2.75, 3.05) is 0 Å². The first-order valence-electron chi connectivity index (χ1n) is 14.0.